The molecule has 2 aromatic rings. The van der Waals surface area contributed by atoms with Gasteiger partial charge in [-0.15, -0.1) is 0 Å². The minimum atomic E-state index is -1.74. The van der Waals surface area contributed by atoms with E-state index in [0.717, 1.165) is 22.3 Å². The summed E-state index contributed by atoms with van der Waals surface area (Å²) in [6, 6.07) is 7.77. The molecule has 7 atom stereocenters. The third kappa shape index (κ3) is 12.7. The lowest BCUT2D eigenvalue weighted by atomic mass is 9.98. The van der Waals surface area contributed by atoms with Gasteiger partial charge in [0, 0.05) is 18.8 Å². The number of rotatable bonds is 22. The fraction of sp³-hybridized carbons (Fsp3) is 0.500. The normalized spacial score (nSPS) is 15.5. The van der Waals surface area contributed by atoms with Gasteiger partial charge in [0.1, 0.15) is 36.8 Å². The average molecular weight is 812 g/mol. The lowest BCUT2D eigenvalue weighted by Crippen LogP contribution is -2.61. The second-order valence-electron chi connectivity index (χ2n) is 14.6. The summed E-state index contributed by atoms with van der Waals surface area (Å²) in [7, 11) is 0. The van der Waals surface area contributed by atoms with E-state index in [9.17, 15) is 58.8 Å². The van der Waals surface area contributed by atoms with Crippen LogP contribution < -0.4 is 26.6 Å². The summed E-state index contributed by atoms with van der Waals surface area (Å²) in [5.41, 5.74) is 3.99. The highest BCUT2D eigenvalue weighted by Crippen LogP contribution is 2.44. The van der Waals surface area contributed by atoms with E-state index in [0.29, 0.717) is 6.42 Å². The van der Waals surface area contributed by atoms with Gasteiger partial charge in [0.25, 0.3) is 0 Å². The van der Waals surface area contributed by atoms with Crippen LogP contribution in [0.25, 0.3) is 11.1 Å². The van der Waals surface area contributed by atoms with Gasteiger partial charge < -0.3 is 51.7 Å². The van der Waals surface area contributed by atoms with Crippen LogP contribution in [0.2, 0.25) is 0 Å². The third-order valence-electron chi connectivity index (χ3n) is 9.97. The fourth-order valence-corrected chi connectivity index (χ4v) is 6.49. The number of aliphatic hydroxyl groups excluding tert-OH is 1. The number of carboxylic acid groups (broad SMARTS) is 3. The van der Waals surface area contributed by atoms with E-state index in [4.69, 9.17) is 4.74 Å². The molecule has 3 rings (SSSR count). The maximum atomic E-state index is 13.6. The molecule has 18 nitrogen and oxygen atoms in total. The maximum absolute atomic E-state index is 13.6. The molecule has 0 unspecified atom stereocenters. The van der Waals surface area contributed by atoms with Gasteiger partial charge in [0.15, 0.2) is 0 Å². The Labute approximate surface area is 335 Å². The number of benzene rings is 2. The molecule has 5 amide bonds. The van der Waals surface area contributed by atoms with Gasteiger partial charge in [-0.3, -0.25) is 28.8 Å². The molecule has 0 fully saturated rings. The standard InChI is InChI=1S/C40H53N5O13/c1-6-21(4)33(39(55)56)43-36(52)29(16-18-31(49)50)41-35(51)28(15-17-30(47)48)42-38(54)34(22(5)46)44-37(53)32(20(2)3)45-40(57)58-19-27-25-13-9-7-11-23(25)24-12-8-10-14-26(24)27/h7-14,20-22,27-29,32-34,46H,6,15-19H2,1-5H3,(H,41,51)(H,42,54)(H,43,52)(H,44,53)(H,45,57)(H,47,48)(H,49,50)(H,55,56)/t21-,22+,28-,29-,32-,33-,34-/m0/s1. The highest BCUT2D eigenvalue weighted by molar-refractivity contribution is 5.96. The van der Waals surface area contributed by atoms with Crippen molar-refractivity contribution in [1.82, 2.24) is 26.6 Å². The molecule has 18 heteroatoms. The number of alkyl carbamates (subject to hydrolysis) is 1. The number of aliphatic hydroxyl groups is 1. The zero-order valence-corrected chi connectivity index (χ0v) is 33.0. The third-order valence-corrected chi connectivity index (χ3v) is 9.97. The zero-order chi connectivity index (χ0) is 43.3. The molecular formula is C40H53N5O13. The summed E-state index contributed by atoms with van der Waals surface area (Å²) in [4.78, 5) is 102. The number of carbonyl (C=O) groups excluding carboxylic acids is 5. The predicted molar refractivity (Wildman–Crippen MR) is 207 cm³/mol. The molecule has 1 aliphatic rings. The van der Waals surface area contributed by atoms with E-state index >= 15 is 0 Å². The van der Waals surface area contributed by atoms with Gasteiger partial charge in [-0.25, -0.2) is 9.59 Å². The Morgan fingerprint density at radius 3 is 1.52 bits per heavy atom. The van der Waals surface area contributed by atoms with Crippen LogP contribution in [0, 0.1) is 11.8 Å². The van der Waals surface area contributed by atoms with E-state index in [-0.39, 0.29) is 12.5 Å². The summed E-state index contributed by atoms with van der Waals surface area (Å²) >= 11 is 0. The number of ether oxygens (including phenoxy) is 1. The first-order chi connectivity index (χ1) is 27.4. The van der Waals surface area contributed by atoms with E-state index in [1.807, 2.05) is 48.5 Å². The highest BCUT2D eigenvalue weighted by Gasteiger charge is 2.36. The lowest BCUT2D eigenvalue weighted by Gasteiger charge is -2.28. The summed E-state index contributed by atoms with van der Waals surface area (Å²) in [6.45, 7) is 7.63. The predicted octanol–water partition coefficient (Wildman–Crippen LogP) is 1.73. The zero-order valence-electron chi connectivity index (χ0n) is 33.0. The molecule has 9 N–H and O–H groups in total. The van der Waals surface area contributed by atoms with Gasteiger partial charge in [-0.1, -0.05) is 82.6 Å². The number of fused-ring (bicyclic) bond motifs is 3. The largest absolute Gasteiger partial charge is 0.481 e. The Hall–Kier alpha value is -6.04. The first-order valence-corrected chi connectivity index (χ1v) is 19.0. The van der Waals surface area contributed by atoms with E-state index in [1.54, 1.807) is 27.7 Å². The first-order valence-electron chi connectivity index (χ1n) is 19.0. The molecule has 0 heterocycles. The number of nitrogens with one attached hydrogen (secondary N) is 5. The van der Waals surface area contributed by atoms with Gasteiger partial charge in [-0.05, 0) is 53.9 Å². The van der Waals surface area contributed by atoms with Gasteiger partial charge in [0.05, 0.1) is 6.10 Å². The molecule has 0 saturated carbocycles. The molecule has 316 valence electrons. The average Bonchev–Trinajstić information content (AvgIpc) is 3.49. The number of carboxylic acids is 3. The first kappa shape index (κ1) is 46.3. The maximum Gasteiger partial charge on any atom is 0.407 e. The van der Waals surface area contributed by atoms with Crippen LogP contribution in [0.5, 0.6) is 0 Å². The van der Waals surface area contributed by atoms with Gasteiger partial charge in [0.2, 0.25) is 23.6 Å². The monoisotopic (exact) mass is 811 g/mol. The van der Waals surface area contributed by atoms with Crippen LogP contribution in [0.15, 0.2) is 48.5 Å². The second kappa shape index (κ2) is 21.5. The van der Waals surface area contributed by atoms with Crippen molar-refractivity contribution in [1.29, 1.82) is 0 Å². The Bertz CT molecular complexity index is 1790. The van der Waals surface area contributed by atoms with Crippen molar-refractivity contribution in [3.63, 3.8) is 0 Å². The molecule has 0 spiro atoms. The quantitative estimate of drug-likeness (QED) is 0.0820. The van der Waals surface area contributed by atoms with Crippen molar-refractivity contribution in [2.24, 2.45) is 11.8 Å². The molecule has 1 aliphatic carbocycles. The fourth-order valence-electron chi connectivity index (χ4n) is 6.49. The minimum absolute atomic E-state index is 0.0401. The van der Waals surface area contributed by atoms with Gasteiger partial charge in [-0.2, -0.15) is 0 Å². The Kier molecular flexibility index (Phi) is 17.2. The summed E-state index contributed by atoms with van der Waals surface area (Å²) in [5.74, 6) is -9.58. The Morgan fingerprint density at radius 1 is 0.621 bits per heavy atom. The highest BCUT2D eigenvalue weighted by atomic mass is 16.5. The van der Waals surface area contributed by atoms with Crippen LogP contribution >= 0.6 is 0 Å². The smallest absolute Gasteiger partial charge is 0.407 e. The summed E-state index contributed by atoms with van der Waals surface area (Å²) < 4.78 is 5.58. The van der Waals surface area contributed by atoms with Crippen LogP contribution in [0.3, 0.4) is 0 Å². The molecule has 58 heavy (non-hydrogen) atoms. The minimum Gasteiger partial charge on any atom is -0.481 e. The van der Waals surface area contributed by atoms with Crippen LogP contribution in [-0.2, 0) is 38.3 Å². The van der Waals surface area contributed by atoms with Crippen molar-refractivity contribution >= 4 is 47.6 Å². The summed E-state index contributed by atoms with van der Waals surface area (Å²) in [5, 5.41) is 50.5. The van der Waals surface area contributed by atoms with Crippen molar-refractivity contribution in [3.05, 3.63) is 59.7 Å². The SMILES string of the molecule is CC[C@H](C)[C@H](NC(=O)[C@H](CCC(=O)O)NC(=O)[C@H](CCC(=O)O)NC(=O)[C@@H](NC(=O)[C@@H](NC(=O)OCC1c2ccccc2-c2ccccc21)C(C)C)[C@@H](C)O)C(=O)O. The molecular weight excluding hydrogens is 758 g/mol. The number of aliphatic carboxylic acids is 3. The Morgan fingerprint density at radius 2 is 1.07 bits per heavy atom. The van der Waals surface area contributed by atoms with Crippen LogP contribution in [-0.4, -0.2) is 111 Å². The topological polar surface area (TPSA) is 287 Å². The molecule has 0 radical (unpaired) electrons. The number of hydrogen-bond acceptors (Lipinski definition) is 10. The second-order valence-corrected chi connectivity index (χ2v) is 14.6. The van der Waals surface area contributed by atoms with Crippen LogP contribution in [0.1, 0.15) is 83.8 Å². The lowest BCUT2D eigenvalue weighted by molar-refractivity contribution is -0.144. The van der Waals surface area contributed by atoms with E-state index < -0.39 is 121 Å². The van der Waals surface area contributed by atoms with Gasteiger partial charge >= 0.3 is 24.0 Å². The molecule has 0 saturated heterocycles. The molecule has 0 aliphatic heterocycles. The number of carbonyl (C=O) groups is 8. The van der Waals surface area contributed by atoms with Crippen molar-refractivity contribution in [2.75, 3.05) is 6.61 Å². The summed E-state index contributed by atoms with van der Waals surface area (Å²) in [6.07, 6.45) is -4.45. The van der Waals surface area contributed by atoms with Crippen molar-refractivity contribution in [2.45, 2.75) is 109 Å². The van der Waals surface area contributed by atoms with Crippen LogP contribution in [0.4, 0.5) is 4.79 Å². The van der Waals surface area contributed by atoms with Crippen molar-refractivity contribution < 1.29 is 63.5 Å². The molecule has 2 aromatic carbocycles. The van der Waals surface area contributed by atoms with E-state index in [2.05, 4.69) is 26.6 Å². The van der Waals surface area contributed by atoms with E-state index in [1.165, 1.54) is 6.92 Å². The Balaban J connectivity index is 1.73. The molecule has 0 bridgehead atoms. The van der Waals surface area contributed by atoms with Crippen molar-refractivity contribution in [3.8, 4) is 11.1 Å². The molecule has 0 aromatic heterocycles. The number of hydrogen-bond donors (Lipinski definition) is 9. The number of amides is 5.